The third-order valence-corrected chi connectivity index (χ3v) is 7.96. The van der Waals surface area contributed by atoms with Gasteiger partial charge >= 0.3 is 5.97 Å². The molecule has 2 aromatic carbocycles. The Kier molecular flexibility index (Phi) is 7.76. The quantitative estimate of drug-likeness (QED) is 0.194. The van der Waals surface area contributed by atoms with Crippen LogP contribution in [0.5, 0.6) is 5.88 Å². The molecule has 4 N–H and O–H groups in total. The minimum Gasteiger partial charge on any atom is -0.480 e. The molecule has 1 amide bonds. The van der Waals surface area contributed by atoms with Crippen molar-refractivity contribution in [3.8, 4) is 5.88 Å². The van der Waals surface area contributed by atoms with Gasteiger partial charge in [-0.1, -0.05) is 80.6 Å². The van der Waals surface area contributed by atoms with E-state index in [1.54, 1.807) is 0 Å². The number of fused-ring (bicyclic) bond motifs is 2. The summed E-state index contributed by atoms with van der Waals surface area (Å²) in [6, 6.07) is 19.4. The number of aliphatic carboxylic acids is 1. The molecule has 0 saturated heterocycles. The van der Waals surface area contributed by atoms with Crippen LogP contribution in [0.4, 0.5) is 0 Å². The fraction of sp³-hybridized carbons (Fsp3) is 0.312. The van der Waals surface area contributed by atoms with E-state index in [2.05, 4.69) is 20.4 Å². The Balaban J connectivity index is 1.26. The van der Waals surface area contributed by atoms with Gasteiger partial charge in [0.15, 0.2) is 5.65 Å². The van der Waals surface area contributed by atoms with Gasteiger partial charge in [-0.05, 0) is 35.4 Å². The summed E-state index contributed by atoms with van der Waals surface area (Å²) in [5.41, 5.74) is 2.94. The zero-order valence-corrected chi connectivity index (χ0v) is 23.1. The van der Waals surface area contributed by atoms with Crippen LogP contribution in [0.1, 0.15) is 59.4 Å². The van der Waals surface area contributed by atoms with Crippen molar-refractivity contribution in [1.29, 1.82) is 0 Å². The van der Waals surface area contributed by atoms with E-state index in [0.29, 0.717) is 23.6 Å². The van der Waals surface area contributed by atoms with Crippen molar-refractivity contribution in [2.45, 2.75) is 57.6 Å². The monoisotopic (exact) mass is 567 g/mol. The van der Waals surface area contributed by atoms with Crippen molar-refractivity contribution in [2.75, 3.05) is 0 Å². The molecule has 0 bridgehead atoms. The highest BCUT2D eigenvalue weighted by Crippen LogP contribution is 2.29. The number of rotatable bonds is 10. The van der Waals surface area contributed by atoms with Crippen molar-refractivity contribution in [2.24, 2.45) is 5.92 Å². The van der Waals surface area contributed by atoms with Gasteiger partial charge in [-0.15, -0.1) is 0 Å². The Morgan fingerprint density at radius 3 is 2.57 bits per heavy atom. The number of benzene rings is 2. The van der Waals surface area contributed by atoms with Gasteiger partial charge in [-0.3, -0.25) is 14.7 Å². The summed E-state index contributed by atoms with van der Waals surface area (Å²) in [5.74, 6) is -1.18. The molecule has 1 aliphatic rings. The van der Waals surface area contributed by atoms with Gasteiger partial charge in [0, 0.05) is 23.7 Å². The van der Waals surface area contributed by atoms with Gasteiger partial charge in [-0.2, -0.15) is 4.98 Å². The highest BCUT2D eigenvalue weighted by Gasteiger charge is 2.25. The number of nitrogens with zero attached hydrogens (tertiary/aromatic N) is 2. The normalized spacial score (nSPS) is 14.7. The summed E-state index contributed by atoms with van der Waals surface area (Å²) < 4.78 is 7.34. The molecule has 3 aromatic heterocycles. The number of aromatic amines is 2. The molecule has 0 radical (unpaired) electrons. The van der Waals surface area contributed by atoms with Crippen molar-refractivity contribution < 1.29 is 19.4 Å². The van der Waals surface area contributed by atoms with E-state index in [0.717, 1.165) is 42.1 Å². The van der Waals surface area contributed by atoms with Crippen LogP contribution in [0.2, 0.25) is 0 Å². The number of amides is 1. The molecule has 0 spiro atoms. The average molecular weight is 568 g/mol. The van der Waals surface area contributed by atoms with E-state index in [-0.39, 0.29) is 35.8 Å². The third kappa shape index (κ3) is 5.93. The number of carboxylic acid groups (broad SMARTS) is 1. The summed E-state index contributed by atoms with van der Waals surface area (Å²) in [7, 11) is 0. The number of H-pyrrole nitrogens is 2. The van der Waals surface area contributed by atoms with E-state index in [1.807, 2.05) is 60.7 Å². The number of aromatic nitrogens is 4. The number of ether oxygens (including phenoxy) is 1. The summed E-state index contributed by atoms with van der Waals surface area (Å²) in [6.45, 7) is 0.257. The molecule has 10 nitrogen and oxygen atoms in total. The van der Waals surface area contributed by atoms with E-state index < -0.39 is 17.9 Å². The zero-order chi connectivity index (χ0) is 29.1. The van der Waals surface area contributed by atoms with Crippen LogP contribution in [0.3, 0.4) is 0 Å². The van der Waals surface area contributed by atoms with Crippen molar-refractivity contribution >= 4 is 28.4 Å². The zero-order valence-electron chi connectivity index (χ0n) is 23.1. The number of nitrogens with one attached hydrogen (secondary N) is 3. The standard InChI is InChI=1S/C32H33N5O5/c38-29(34-27(32(40)41)17-23-16-22-13-7-8-14-25(22)33-23)26-18-28-35-30(42-19-21-11-5-2-6-12-21)24(31(39)37(28)36-26)15-20-9-3-1-4-10-20/h2,5-8,11-14,16,18,20,27,33,36H,1,3-4,9-10,15,17,19H2,(H,34,38)(H,40,41)/t27-/m0/s1. The van der Waals surface area contributed by atoms with Gasteiger partial charge in [0.05, 0.1) is 5.56 Å². The predicted octanol–water partition coefficient (Wildman–Crippen LogP) is 4.63. The summed E-state index contributed by atoms with van der Waals surface area (Å²) in [5, 5.41) is 16.2. The second kappa shape index (κ2) is 11.9. The fourth-order valence-electron chi connectivity index (χ4n) is 5.75. The Hall–Kier alpha value is -4.86. The van der Waals surface area contributed by atoms with Crippen LogP contribution in [0.25, 0.3) is 16.6 Å². The van der Waals surface area contributed by atoms with Crippen LogP contribution in [-0.2, 0) is 24.2 Å². The molecule has 5 aromatic rings. The number of para-hydroxylation sites is 1. The lowest BCUT2D eigenvalue weighted by Gasteiger charge is -2.22. The average Bonchev–Trinajstić information content (AvgIpc) is 3.62. The van der Waals surface area contributed by atoms with Gasteiger partial charge in [-0.25, -0.2) is 9.31 Å². The lowest BCUT2D eigenvalue weighted by atomic mass is 9.85. The topological polar surface area (TPSA) is 142 Å². The van der Waals surface area contributed by atoms with Crippen LogP contribution in [0, 0.1) is 5.92 Å². The van der Waals surface area contributed by atoms with Gasteiger partial charge < -0.3 is 20.1 Å². The molecule has 216 valence electrons. The molecule has 0 aliphatic heterocycles. The van der Waals surface area contributed by atoms with E-state index in [4.69, 9.17) is 4.74 Å². The Bertz CT molecular complexity index is 1750. The summed E-state index contributed by atoms with van der Waals surface area (Å²) in [4.78, 5) is 46.8. The predicted molar refractivity (Wildman–Crippen MR) is 158 cm³/mol. The lowest BCUT2D eigenvalue weighted by Crippen LogP contribution is -2.42. The first-order chi connectivity index (χ1) is 20.4. The molecule has 1 aliphatic carbocycles. The fourth-order valence-corrected chi connectivity index (χ4v) is 5.75. The lowest BCUT2D eigenvalue weighted by molar-refractivity contribution is -0.139. The van der Waals surface area contributed by atoms with Crippen LogP contribution in [-0.4, -0.2) is 42.6 Å². The molecule has 3 heterocycles. The van der Waals surface area contributed by atoms with E-state index in [9.17, 15) is 19.5 Å². The summed E-state index contributed by atoms with van der Waals surface area (Å²) in [6.07, 6.45) is 6.19. The van der Waals surface area contributed by atoms with Gasteiger partial charge in [0.1, 0.15) is 18.3 Å². The smallest absolute Gasteiger partial charge is 0.326 e. The van der Waals surface area contributed by atoms with Crippen molar-refractivity contribution in [3.63, 3.8) is 0 Å². The molecule has 0 unspecified atom stereocenters. The SMILES string of the molecule is O=C(N[C@@H](Cc1cc2ccccc2[nH]1)C(=O)O)c1cc2nc(OCc3ccccc3)c(CC3CCCCC3)c(=O)n2[nH]1. The maximum atomic E-state index is 13.7. The number of carbonyl (C=O) groups is 2. The number of hydrogen-bond acceptors (Lipinski definition) is 5. The Labute approximate surface area is 241 Å². The van der Waals surface area contributed by atoms with Crippen LogP contribution < -0.4 is 15.6 Å². The van der Waals surface area contributed by atoms with Gasteiger partial charge in [0.2, 0.25) is 5.88 Å². The number of carbonyl (C=O) groups excluding carboxylic acids is 1. The molecule has 1 fully saturated rings. The molecule has 6 rings (SSSR count). The van der Waals surface area contributed by atoms with Gasteiger partial charge in [0.25, 0.3) is 11.5 Å². The molecule has 1 atom stereocenters. The minimum atomic E-state index is -1.19. The molecular weight excluding hydrogens is 534 g/mol. The number of hydrogen-bond donors (Lipinski definition) is 4. The maximum Gasteiger partial charge on any atom is 0.326 e. The maximum absolute atomic E-state index is 13.7. The number of carboxylic acids is 1. The van der Waals surface area contributed by atoms with Crippen LogP contribution >= 0.6 is 0 Å². The Morgan fingerprint density at radius 2 is 1.81 bits per heavy atom. The van der Waals surface area contributed by atoms with Crippen LogP contribution in [0.15, 0.2) is 71.5 Å². The Morgan fingerprint density at radius 1 is 1.05 bits per heavy atom. The summed E-state index contributed by atoms with van der Waals surface area (Å²) >= 11 is 0. The van der Waals surface area contributed by atoms with Crippen molar-refractivity contribution in [1.82, 2.24) is 24.9 Å². The molecular formula is C32H33N5O5. The first kappa shape index (κ1) is 27.3. The second-order valence-corrected chi connectivity index (χ2v) is 11.0. The molecule has 42 heavy (non-hydrogen) atoms. The second-order valence-electron chi connectivity index (χ2n) is 11.0. The largest absolute Gasteiger partial charge is 0.480 e. The first-order valence-corrected chi connectivity index (χ1v) is 14.4. The highest BCUT2D eigenvalue weighted by molar-refractivity contribution is 5.96. The highest BCUT2D eigenvalue weighted by atomic mass is 16.5. The van der Waals surface area contributed by atoms with E-state index >= 15 is 0 Å². The third-order valence-electron chi connectivity index (χ3n) is 7.96. The minimum absolute atomic E-state index is 0.0336. The molecule has 10 heteroatoms. The van der Waals surface area contributed by atoms with Crippen molar-refractivity contribution in [3.05, 3.63) is 99.6 Å². The molecule has 1 saturated carbocycles. The van der Waals surface area contributed by atoms with E-state index in [1.165, 1.54) is 17.0 Å². The first-order valence-electron chi connectivity index (χ1n) is 14.4.